The highest BCUT2D eigenvalue weighted by Crippen LogP contribution is 2.21. The molecular weight excluding hydrogens is 282 g/mol. The van der Waals surface area contributed by atoms with Crippen LogP contribution in [0.4, 0.5) is 0 Å². The molecule has 0 spiro atoms. The molecule has 1 saturated heterocycles. The van der Waals surface area contributed by atoms with Gasteiger partial charge >= 0.3 is 0 Å². The van der Waals surface area contributed by atoms with Crippen molar-refractivity contribution in [1.29, 1.82) is 0 Å². The van der Waals surface area contributed by atoms with Crippen molar-refractivity contribution in [2.75, 3.05) is 26.7 Å². The van der Waals surface area contributed by atoms with Crippen LogP contribution < -0.4 is 5.32 Å². The van der Waals surface area contributed by atoms with Crippen LogP contribution in [-0.4, -0.2) is 42.7 Å². The van der Waals surface area contributed by atoms with Gasteiger partial charge in [-0.15, -0.1) is 11.3 Å². The molecule has 0 amide bonds. The number of methoxy groups -OCH3 is 1. The number of hydrogen-bond acceptors (Lipinski definition) is 5. The molecule has 1 aliphatic rings. The number of likely N-dealkylation sites (tertiary alicyclic amines) is 1. The van der Waals surface area contributed by atoms with Gasteiger partial charge in [-0.1, -0.05) is 20.8 Å². The number of thiazole rings is 1. The molecule has 2 rings (SSSR count). The minimum atomic E-state index is 0.365. The molecule has 2 atom stereocenters. The number of nitrogens with one attached hydrogen (secondary N) is 1. The van der Waals surface area contributed by atoms with Gasteiger partial charge < -0.3 is 10.1 Å². The molecule has 0 radical (unpaired) electrons. The van der Waals surface area contributed by atoms with E-state index in [2.05, 4.69) is 36.4 Å². The van der Waals surface area contributed by atoms with Crippen LogP contribution in [0.1, 0.15) is 37.9 Å². The maximum absolute atomic E-state index is 5.58. The molecule has 2 unspecified atom stereocenters. The number of hydrogen-bond donors (Lipinski definition) is 1. The molecule has 5 heteroatoms. The van der Waals surface area contributed by atoms with Gasteiger partial charge in [0.15, 0.2) is 0 Å². The van der Waals surface area contributed by atoms with E-state index in [4.69, 9.17) is 9.72 Å². The third kappa shape index (κ3) is 5.33. The summed E-state index contributed by atoms with van der Waals surface area (Å²) in [6.45, 7) is 11.8. The van der Waals surface area contributed by atoms with Crippen LogP contribution in [0.15, 0.2) is 5.38 Å². The second-order valence-electron chi connectivity index (χ2n) is 6.53. The van der Waals surface area contributed by atoms with Crippen LogP contribution in [0.5, 0.6) is 0 Å². The highest BCUT2D eigenvalue weighted by atomic mass is 32.1. The summed E-state index contributed by atoms with van der Waals surface area (Å²) in [5.41, 5.74) is 1.20. The van der Waals surface area contributed by atoms with Crippen molar-refractivity contribution in [3.05, 3.63) is 16.1 Å². The highest BCUT2D eigenvalue weighted by molar-refractivity contribution is 7.09. The summed E-state index contributed by atoms with van der Waals surface area (Å²) in [5.74, 6) is 1.35. The molecule has 4 nitrogen and oxygen atoms in total. The zero-order valence-electron chi connectivity index (χ0n) is 13.8. The molecule has 0 aromatic carbocycles. The van der Waals surface area contributed by atoms with Gasteiger partial charge in [-0.05, 0) is 31.3 Å². The minimum absolute atomic E-state index is 0.365. The van der Waals surface area contributed by atoms with Crippen molar-refractivity contribution in [1.82, 2.24) is 15.2 Å². The van der Waals surface area contributed by atoms with Crippen LogP contribution >= 0.6 is 11.3 Å². The van der Waals surface area contributed by atoms with Gasteiger partial charge in [-0.2, -0.15) is 0 Å². The first kappa shape index (κ1) is 16.9. The van der Waals surface area contributed by atoms with Gasteiger partial charge in [0.2, 0.25) is 0 Å². The third-order valence-corrected chi connectivity index (χ3v) is 4.99. The van der Waals surface area contributed by atoms with Crippen LogP contribution in [0, 0.1) is 11.8 Å². The SMILES string of the molecule is COC1CN(Cc2csc(CNCC(C)C)n2)CCC1C. The summed E-state index contributed by atoms with van der Waals surface area (Å²) in [6.07, 6.45) is 1.58. The van der Waals surface area contributed by atoms with E-state index in [1.165, 1.54) is 17.1 Å². The van der Waals surface area contributed by atoms with Crippen molar-refractivity contribution in [3.8, 4) is 0 Å². The second-order valence-corrected chi connectivity index (χ2v) is 7.48. The Labute approximate surface area is 132 Å². The summed E-state index contributed by atoms with van der Waals surface area (Å²) < 4.78 is 5.58. The fourth-order valence-electron chi connectivity index (χ4n) is 2.75. The van der Waals surface area contributed by atoms with Gasteiger partial charge in [0.25, 0.3) is 0 Å². The molecule has 1 aliphatic heterocycles. The van der Waals surface area contributed by atoms with Crippen LogP contribution in [0.25, 0.3) is 0 Å². The van der Waals surface area contributed by atoms with E-state index in [9.17, 15) is 0 Å². The topological polar surface area (TPSA) is 37.4 Å². The van der Waals surface area contributed by atoms with Gasteiger partial charge in [0.1, 0.15) is 5.01 Å². The molecule has 1 aromatic heterocycles. The predicted molar refractivity (Wildman–Crippen MR) is 88.5 cm³/mol. The zero-order chi connectivity index (χ0) is 15.2. The van der Waals surface area contributed by atoms with Crippen LogP contribution in [0.3, 0.4) is 0 Å². The first-order chi connectivity index (χ1) is 10.1. The van der Waals surface area contributed by atoms with Gasteiger partial charge in [-0.25, -0.2) is 4.98 Å². The lowest BCUT2D eigenvalue weighted by Gasteiger charge is -2.35. The molecule has 0 bridgehead atoms. The molecule has 2 heterocycles. The quantitative estimate of drug-likeness (QED) is 0.840. The Morgan fingerprint density at radius 2 is 2.33 bits per heavy atom. The van der Waals surface area contributed by atoms with Crippen molar-refractivity contribution in [3.63, 3.8) is 0 Å². The number of rotatable bonds is 7. The molecule has 1 fully saturated rings. The first-order valence-corrected chi connectivity index (χ1v) is 8.85. The van der Waals surface area contributed by atoms with Crippen LogP contribution in [-0.2, 0) is 17.8 Å². The Hall–Kier alpha value is -0.490. The predicted octanol–water partition coefficient (Wildman–Crippen LogP) is 2.75. The van der Waals surface area contributed by atoms with Crippen molar-refractivity contribution in [2.45, 2.75) is 46.4 Å². The Morgan fingerprint density at radius 1 is 1.52 bits per heavy atom. The van der Waals surface area contributed by atoms with Gasteiger partial charge in [0.05, 0.1) is 11.8 Å². The zero-order valence-corrected chi connectivity index (χ0v) is 14.6. The fourth-order valence-corrected chi connectivity index (χ4v) is 3.50. The maximum Gasteiger partial charge on any atom is 0.107 e. The van der Waals surface area contributed by atoms with E-state index in [0.717, 1.165) is 32.7 Å². The summed E-state index contributed by atoms with van der Waals surface area (Å²) >= 11 is 1.77. The molecule has 0 saturated carbocycles. The van der Waals surface area contributed by atoms with Crippen molar-refractivity contribution >= 4 is 11.3 Å². The minimum Gasteiger partial charge on any atom is -0.380 e. The summed E-state index contributed by atoms with van der Waals surface area (Å²) in [5, 5.41) is 6.85. The van der Waals surface area contributed by atoms with E-state index >= 15 is 0 Å². The average molecular weight is 311 g/mol. The van der Waals surface area contributed by atoms with Gasteiger partial charge in [-0.3, -0.25) is 4.90 Å². The monoisotopic (exact) mass is 311 g/mol. The molecule has 1 N–H and O–H groups in total. The Kier molecular flexibility index (Phi) is 6.61. The number of nitrogens with zero attached hydrogens (tertiary/aromatic N) is 2. The largest absolute Gasteiger partial charge is 0.380 e. The fraction of sp³-hybridized carbons (Fsp3) is 0.812. The molecule has 21 heavy (non-hydrogen) atoms. The lowest BCUT2D eigenvalue weighted by molar-refractivity contribution is -0.00774. The maximum atomic E-state index is 5.58. The standard InChI is InChI=1S/C16H29N3OS/c1-12(2)7-17-8-16-18-14(11-21-16)9-19-6-5-13(3)15(10-19)20-4/h11-13,15,17H,5-10H2,1-4H3. The Morgan fingerprint density at radius 3 is 3.05 bits per heavy atom. The van der Waals surface area contributed by atoms with Crippen LogP contribution in [0.2, 0.25) is 0 Å². The van der Waals surface area contributed by atoms with Gasteiger partial charge in [0, 0.05) is 32.1 Å². The Balaban J connectivity index is 1.79. The van der Waals surface area contributed by atoms with E-state index in [-0.39, 0.29) is 0 Å². The summed E-state index contributed by atoms with van der Waals surface area (Å²) in [7, 11) is 1.83. The summed E-state index contributed by atoms with van der Waals surface area (Å²) in [6, 6.07) is 0. The second kappa shape index (κ2) is 8.22. The number of piperidine rings is 1. The molecule has 120 valence electrons. The lowest BCUT2D eigenvalue weighted by atomic mass is 9.96. The van der Waals surface area contributed by atoms with E-state index in [1.807, 2.05) is 7.11 Å². The summed E-state index contributed by atoms with van der Waals surface area (Å²) in [4.78, 5) is 7.21. The van der Waals surface area contributed by atoms with E-state index in [1.54, 1.807) is 11.3 Å². The lowest BCUT2D eigenvalue weighted by Crippen LogP contribution is -2.43. The molecule has 1 aromatic rings. The first-order valence-electron chi connectivity index (χ1n) is 7.97. The normalized spacial score (nSPS) is 23.9. The van der Waals surface area contributed by atoms with E-state index in [0.29, 0.717) is 17.9 Å². The molecular formula is C16H29N3OS. The van der Waals surface area contributed by atoms with E-state index < -0.39 is 0 Å². The highest BCUT2D eigenvalue weighted by Gasteiger charge is 2.26. The third-order valence-electron chi connectivity index (χ3n) is 4.09. The smallest absolute Gasteiger partial charge is 0.107 e. The Bertz CT molecular complexity index is 421. The average Bonchev–Trinajstić information content (AvgIpc) is 2.88. The van der Waals surface area contributed by atoms with Crippen molar-refractivity contribution < 1.29 is 4.74 Å². The number of ether oxygens (including phenoxy) is 1. The molecule has 0 aliphatic carbocycles. The number of aromatic nitrogens is 1. The van der Waals surface area contributed by atoms with Crippen molar-refractivity contribution in [2.24, 2.45) is 11.8 Å².